The molecule has 4 N–H and O–H groups in total. The van der Waals surface area contributed by atoms with Crippen LogP contribution in [0, 0.1) is 0 Å². The van der Waals surface area contributed by atoms with Crippen LogP contribution in [0.2, 0.25) is 0 Å². The number of hydrogen-bond acceptors (Lipinski definition) is 5. The molecule has 21 heavy (non-hydrogen) atoms. The molecular weight excluding hydrogens is 296 g/mol. The molecule has 7 nitrogen and oxygen atoms in total. The van der Waals surface area contributed by atoms with Crippen LogP contribution in [-0.4, -0.2) is 39.8 Å². The molecule has 8 heteroatoms. The number of carbonyl (C=O) groups is 3. The van der Waals surface area contributed by atoms with E-state index in [1.807, 2.05) is 0 Å². The number of aliphatic carboxylic acids is 1. The third-order valence-corrected chi connectivity index (χ3v) is 3.44. The average molecular weight is 315 g/mol. The predicted molar refractivity (Wildman–Crippen MR) is 78.4 cm³/mol. The number of anilines is 1. The van der Waals surface area contributed by atoms with Crippen molar-refractivity contribution in [3.63, 3.8) is 0 Å². The zero-order chi connectivity index (χ0) is 18.5. The minimum atomic E-state index is -2.81. The number of hydrogen-bond donors (Lipinski definition) is 4. The molecule has 0 aliphatic carbocycles. The molecule has 0 aliphatic rings. The zero-order valence-corrected chi connectivity index (χ0v) is 11.9. The average Bonchev–Trinajstić information content (AvgIpc) is 2.44. The molecule has 0 saturated heterocycles. The summed E-state index contributed by atoms with van der Waals surface area (Å²) < 4.78 is 21.0. The van der Waals surface area contributed by atoms with Crippen LogP contribution in [-0.2, 0) is 14.4 Å². The van der Waals surface area contributed by atoms with Crippen molar-refractivity contribution in [2.75, 3.05) is 11.1 Å². The number of thioether (sulfide) groups is 1. The van der Waals surface area contributed by atoms with Crippen LogP contribution in [0.5, 0.6) is 5.75 Å². The van der Waals surface area contributed by atoms with E-state index >= 15 is 0 Å². The summed E-state index contributed by atoms with van der Waals surface area (Å²) in [7, 11) is 0. The maximum atomic E-state index is 11.4. The lowest BCUT2D eigenvalue weighted by atomic mass is 10.3. The van der Waals surface area contributed by atoms with E-state index in [1.54, 1.807) is 0 Å². The highest BCUT2D eigenvalue weighted by atomic mass is 32.2. The van der Waals surface area contributed by atoms with Gasteiger partial charge in [-0.1, -0.05) is 0 Å². The summed E-state index contributed by atoms with van der Waals surface area (Å²) in [5, 5.41) is 23.2. The lowest BCUT2D eigenvalue weighted by molar-refractivity contribution is -0.140. The smallest absolute Gasteiger partial charge is 0.327 e. The Morgan fingerprint density at radius 1 is 1.38 bits per heavy atom. The Hall–Kier alpha value is -2.22. The molecule has 0 bridgehead atoms. The second-order valence-electron chi connectivity index (χ2n) is 4.04. The fraction of sp³-hybridized carbons (Fsp3) is 0.308. The first-order chi connectivity index (χ1) is 11.0. The standard InChI is InChI=1S/C13H16N2O5S/c1-7(16)14-9-3-4-11(18)12(5-9)21-6-10(13(19)20)15-8(2)17/h3-5,10,18H,6H2,1-2H3,(H,14,16)(H,15,17)(H,19,20)/t10-/m0/s1/i1D3. The van der Waals surface area contributed by atoms with E-state index in [2.05, 4.69) is 10.6 Å². The Morgan fingerprint density at radius 2 is 2.10 bits per heavy atom. The molecule has 0 unspecified atom stereocenters. The van der Waals surface area contributed by atoms with Crippen LogP contribution in [0.1, 0.15) is 17.9 Å². The summed E-state index contributed by atoms with van der Waals surface area (Å²) in [6.45, 7) is -1.63. The minimum Gasteiger partial charge on any atom is -0.507 e. The zero-order valence-electron chi connectivity index (χ0n) is 14.0. The minimum absolute atomic E-state index is 0.0703. The van der Waals surface area contributed by atoms with Crippen molar-refractivity contribution in [2.24, 2.45) is 0 Å². The van der Waals surface area contributed by atoms with Crippen molar-refractivity contribution < 1.29 is 28.7 Å². The van der Waals surface area contributed by atoms with E-state index < -0.39 is 30.7 Å². The molecule has 1 aromatic rings. The molecule has 1 rings (SSSR count). The van der Waals surface area contributed by atoms with Gasteiger partial charge >= 0.3 is 5.97 Å². The summed E-state index contributed by atoms with van der Waals surface area (Å²) in [5.41, 5.74) is 0.142. The monoisotopic (exact) mass is 315 g/mol. The Kier molecular flexibility index (Phi) is 4.49. The maximum absolute atomic E-state index is 11.4. The molecular formula is C13H16N2O5S. The number of carbonyl (C=O) groups excluding carboxylic acids is 2. The van der Waals surface area contributed by atoms with Gasteiger partial charge in [0.25, 0.3) is 0 Å². The third kappa shape index (κ3) is 5.74. The van der Waals surface area contributed by atoms with E-state index in [9.17, 15) is 19.5 Å². The number of benzene rings is 1. The molecule has 0 radical (unpaired) electrons. The van der Waals surface area contributed by atoms with E-state index in [0.717, 1.165) is 11.8 Å². The SMILES string of the molecule is [2H]C([2H])([2H])C(=O)Nc1ccc(O)c(SC[C@H](NC(C)=O)C(=O)O)c1. The fourth-order valence-electron chi connectivity index (χ4n) is 1.43. The lowest BCUT2D eigenvalue weighted by Crippen LogP contribution is -2.41. The highest BCUT2D eigenvalue weighted by molar-refractivity contribution is 7.99. The summed E-state index contributed by atoms with van der Waals surface area (Å²) in [4.78, 5) is 33.7. The van der Waals surface area contributed by atoms with Crippen LogP contribution in [0.4, 0.5) is 5.69 Å². The van der Waals surface area contributed by atoms with Gasteiger partial charge < -0.3 is 20.8 Å². The quantitative estimate of drug-likeness (QED) is 0.460. The summed E-state index contributed by atoms with van der Waals surface area (Å²) >= 11 is 0.937. The second-order valence-corrected chi connectivity index (χ2v) is 5.10. The van der Waals surface area contributed by atoms with Gasteiger partial charge in [-0.3, -0.25) is 9.59 Å². The van der Waals surface area contributed by atoms with E-state index in [0.29, 0.717) is 0 Å². The molecule has 2 amide bonds. The highest BCUT2D eigenvalue weighted by Gasteiger charge is 2.19. The van der Waals surface area contributed by atoms with Gasteiger partial charge in [0.05, 0.1) is 4.90 Å². The van der Waals surface area contributed by atoms with Crippen molar-refractivity contribution in [3.05, 3.63) is 18.2 Å². The number of rotatable bonds is 6. The van der Waals surface area contributed by atoms with Crippen LogP contribution in [0.3, 0.4) is 0 Å². The molecule has 0 aromatic heterocycles. The van der Waals surface area contributed by atoms with E-state index in [4.69, 9.17) is 9.22 Å². The molecule has 0 aliphatic heterocycles. The van der Waals surface area contributed by atoms with Crippen LogP contribution >= 0.6 is 11.8 Å². The first kappa shape index (κ1) is 12.5. The van der Waals surface area contributed by atoms with Crippen LogP contribution in [0.25, 0.3) is 0 Å². The lowest BCUT2D eigenvalue weighted by Gasteiger charge is -2.14. The highest BCUT2D eigenvalue weighted by Crippen LogP contribution is 2.31. The Bertz CT molecular complexity index is 651. The van der Waals surface area contributed by atoms with Crippen molar-refractivity contribution in [1.82, 2.24) is 5.32 Å². The number of phenolic OH excluding ortho intramolecular Hbond substituents is 1. The van der Waals surface area contributed by atoms with Gasteiger partial charge in [0.2, 0.25) is 11.8 Å². The molecule has 0 saturated carbocycles. The summed E-state index contributed by atoms with van der Waals surface area (Å²) in [6.07, 6.45) is 0. The molecule has 114 valence electrons. The van der Waals surface area contributed by atoms with Crippen molar-refractivity contribution in [2.45, 2.75) is 24.7 Å². The topological polar surface area (TPSA) is 116 Å². The summed E-state index contributed by atoms with van der Waals surface area (Å²) in [5.74, 6) is -3.15. The number of amides is 2. The first-order valence-electron chi connectivity index (χ1n) is 7.28. The first-order valence-corrected chi connectivity index (χ1v) is 6.76. The number of phenols is 1. The van der Waals surface area contributed by atoms with Crippen molar-refractivity contribution in [3.8, 4) is 5.75 Å². The number of carboxylic acids is 1. The Morgan fingerprint density at radius 3 is 2.67 bits per heavy atom. The van der Waals surface area contributed by atoms with Gasteiger partial charge in [-0.2, -0.15) is 0 Å². The predicted octanol–water partition coefficient (Wildman–Crippen LogP) is 1.03. The van der Waals surface area contributed by atoms with E-state index in [-0.39, 0.29) is 22.1 Å². The normalized spacial score (nSPS) is 14.2. The van der Waals surface area contributed by atoms with Gasteiger partial charge in [-0.15, -0.1) is 11.8 Å². The Labute approximate surface area is 129 Å². The number of aromatic hydroxyl groups is 1. The van der Waals surface area contributed by atoms with Gasteiger partial charge in [0.15, 0.2) is 0 Å². The molecule has 0 spiro atoms. The maximum Gasteiger partial charge on any atom is 0.327 e. The van der Waals surface area contributed by atoms with Crippen LogP contribution < -0.4 is 10.6 Å². The Balaban J connectivity index is 2.84. The van der Waals surface area contributed by atoms with Gasteiger partial charge in [-0.05, 0) is 18.2 Å². The summed E-state index contributed by atoms with van der Waals surface area (Å²) in [6, 6.07) is 2.71. The third-order valence-electron chi connectivity index (χ3n) is 2.30. The molecule has 1 aromatic carbocycles. The molecule has 1 atom stereocenters. The molecule has 0 fully saturated rings. The second kappa shape index (κ2) is 7.53. The van der Waals surface area contributed by atoms with Crippen LogP contribution in [0.15, 0.2) is 23.1 Å². The van der Waals surface area contributed by atoms with E-state index in [1.165, 1.54) is 25.1 Å². The van der Waals surface area contributed by atoms with Gasteiger partial charge in [0.1, 0.15) is 11.8 Å². The van der Waals surface area contributed by atoms with Crippen molar-refractivity contribution >= 4 is 35.2 Å². The van der Waals surface area contributed by atoms with Gasteiger partial charge in [0, 0.05) is 29.3 Å². The largest absolute Gasteiger partial charge is 0.507 e. The number of carboxylic acid groups (broad SMARTS) is 1. The van der Waals surface area contributed by atoms with Crippen molar-refractivity contribution in [1.29, 1.82) is 0 Å². The number of nitrogens with one attached hydrogen (secondary N) is 2. The fourth-order valence-corrected chi connectivity index (χ4v) is 2.43. The molecule has 0 heterocycles. The van der Waals surface area contributed by atoms with Gasteiger partial charge in [-0.25, -0.2) is 4.79 Å².